The lowest BCUT2D eigenvalue weighted by molar-refractivity contribution is -0.142. The number of phenolic OH excluding ortho intramolecular Hbond substituents is 1. The minimum absolute atomic E-state index is 0.00350. The highest BCUT2D eigenvalue weighted by molar-refractivity contribution is 6.05. The lowest BCUT2D eigenvalue weighted by Crippen LogP contribution is -2.15. The average molecular weight is 417 g/mol. The summed E-state index contributed by atoms with van der Waals surface area (Å²) in [6.45, 7) is 0.933. The summed E-state index contributed by atoms with van der Waals surface area (Å²) >= 11 is 0. The standard InChI is InChI=1S/C22H21F2NO5/c1-3-10-29-20(27)12-17-13(2)25(19-9-6-15(26)11-18(17)19)21(28)14-4-7-16(8-5-14)30-22(23)24/h4-9,11,22,26H,3,10,12H2,1-2H3. The number of fused-ring (bicyclic) bond motifs is 1. The highest BCUT2D eigenvalue weighted by atomic mass is 19.3. The van der Waals surface area contributed by atoms with Gasteiger partial charge in [0.1, 0.15) is 11.5 Å². The van der Waals surface area contributed by atoms with Crippen LogP contribution in [-0.2, 0) is 16.0 Å². The number of phenols is 1. The second-order valence-corrected chi connectivity index (χ2v) is 6.71. The van der Waals surface area contributed by atoms with Crippen molar-refractivity contribution >= 4 is 22.8 Å². The third kappa shape index (κ3) is 4.42. The molecular formula is C22H21F2NO5. The van der Waals surface area contributed by atoms with E-state index < -0.39 is 18.5 Å². The number of ether oxygens (including phenoxy) is 2. The molecule has 1 N–H and O–H groups in total. The number of aromatic nitrogens is 1. The maximum absolute atomic E-state index is 13.2. The van der Waals surface area contributed by atoms with Crippen molar-refractivity contribution in [2.24, 2.45) is 0 Å². The normalized spacial score (nSPS) is 11.1. The van der Waals surface area contributed by atoms with Crippen molar-refractivity contribution in [2.45, 2.75) is 33.3 Å². The number of nitrogens with zero attached hydrogens (tertiary/aromatic N) is 1. The first-order valence-electron chi connectivity index (χ1n) is 9.40. The third-order valence-electron chi connectivity index (χ3n) is 4.64. The van der Waals surface area contributed by atoms with Gasteiger partial charge in [-0.05, 0) is 61.4 Å². The molecule has 0 saturated carbocycles. The summed E-state index contributed by atoms with van der Waals surface area (Å²) in [6.07, 6.45) is 0.643. The molecule has 0 bridgehead atoms. The van der Waals surface area contributed by atoms with Crippen molar-refractivity contribution in [3.8, 4) is 11.5 Å². The number of hydrogen-bond acceptors (Lipinski definition) is 5. The third-order valence-corrected chi connectivity index (χ3v) is 4.64. The Bertz CT molecular complexity index is 1070. The van der Waals surface area contributed by atoms with Crippen molar-refractivity contribution in [1.29, 1.82) is 0 Å². The van der Waals surface area contributed by atoms with E-state index in [9.17, 15) is 23.5 Å². The number of hydrogen-bond donors (Lipinski definition) is 1. The van der Waals surface area contributed by atoms with Crippen LogP contribution in [0.4, 0.5) is 8.78 Å². The van der Waals surface area contributed by atoms with Crippen LogP contribution < -0.4 is 4.74 Å². The second kappa shape index (κ2) is 8.94. The van der Waals surface area contributed by atoms with E-state index in [1.54, 1.807) is 13.0 Å². The number of esters is 1. The predicted octanol–water partition coefficient (Wildman–Crippen LogP) is 4.44. The Hall–Kier alpha value is -3.42. The molecule has 2 aromatic carbocycles. The van der Waals surface area contributed by atoms with Crippen molar-refractivity contribution < 1.29 is 33.0 Å². The Morgan fingerprint density at radius 2 is 1.83 bits per heavy atom. The Morgan fingerprint density at radius 1 is 1.13 bits per heavy atom. The zero-order valence-corrected chi connectivity index (χ0v) is 16.5. The number of aromatic hydroxyl groups is 1. The van der Waals surface area contributed by atoms with E-state index in [4.69, 9.17) is 4.74 Å². The van der Waals surface area contributed by atoms with Crippen LogP contribution in [0.25, 0.3) is 10.9 Å². The number of carbonyl (C=O) groups excluding carboxylic acids is 2. The minimum atomic E-state index is -2.95. The van der Waals surface area contributed by atoms with Crippen molar-refractivity contribution in [3.63, 3.8) is 0 Å². The van der Waals surface area contributed by atoms with Crippen molar-refractivity contribution in [1.82, 2.24) is 4.57 Å². The predicted molar refractivity (Wildman–Crippen MR) is 106 cm³/mol. The Morgan fingerprint density at radius 3 is 2.47 bits per heavy atom. The van der Waals surface area contributed by atoms with Gasteiger partial charge in [-0.2, -0.15) is 8.78 Å². The maximum atomic E-state index is 13.2. The first-order valence-corrected chi connectivity index (χ1v) is 9.40. The molecule has 1 heterocycles. The van der Waals surface area contributed by atoms with Gasteiger partial charge in [0.2, 0.25) is 0 Å². The van der Waals surface area contributed by atoms with E-state index in [2.05, 4.69) is 4.74 Å². The molecule has 8 heteroatoms. The van der Waals surface area contributed by atoms with E-state index in [0.29, 0.717) is 35.2 Å². The van der Waals surface area contributed by atoms with E-state index in [1.165, 1.54) is 41.0 Å². The fraction of sp³-hybridized carbons (Fsp3) is 0.273. The smallest absolute Gasteiger partial charge is 0.387 e. The minimum Gasteiger partial charge on any atom is -0.508 e. The van der Waals surface area contributed by atoms with Crippen LogP contribution in [0.5, 0.6) is 11.5 Å². The topological polar surface area (TPSA) is 77.8 Å². The summed E-state index contributed by atoms with van der Waals surface area (Å²) in [5.41, 5.74) is 1.88. The van der Waals surface area contributed by atoms with Crippen LogP contribution in [0.1, 0.15) is 35.0 Å². The van der Waals surface area contributed by atoms with E-state index in [1.807, 2.05) is 6.92 Å². The zero-order valence-electron chi connectivity index (χ0n) is 16.5. The molecule has 0 radical (unpaired) electrons. The first-order chi connectivity index (χ1) is 14.3. The van der Waals surface area contributed by atoms with E-state index in [0.717, 1.165) is 0 Å². The first kappa shape index (κ1) is 21.3. The Kier molecular flexibility index (Phi) is 6.34. The molecule has 1 aromatic heterocycles. The summed E-state index contributed by atoms with van der Waals surface area (Å²) in [5.74, 6) is -0.882. The molecule has 0 saturated heterocycles. The Labute approximate surface area is 171 Å². The summed E-state index contributed by atoms with van der Waals surface area (Å²) in [5, 5.41) is 10.5. The largest absolute Gasteiger partial charge is 0.508 e. The molecule has 0 aliphatic rings. The molecule has 3 aromatic rings. The van der Waals surface area contributed by atoms with Gasteiger partial charge in [0.05, 0.1) is 18.5 Å². The molecule has 0 atom stereocenters. The van der Waals surface area contributed by atoms with Gasteiger partial charge in [0.15, 0.2) is 0 Å². The van der Waals surface area contributed by atoms with Gasteiger partial charge in [-0.15, -0.1) is 0 Å². The van der Waals surface area contributed by atoms with Crippen LogP contribution in [-0.4, -0.2) is 34.8 Å². The highest BCUT2D eigenvalue weighted by Crippen LogP contribution is 2.30. The van der Waals surface area contributed by atoms with Crippen LogP contribution in [0.2, 0.25) is 0 Å². The van der Waals surface area contributed by atoms with Gasteiger partial charge < -0.3 is 14.6 Å². The van der Waals surface area contributed by atoms with Crippen LogP contribution in [0.3, 0.4) is 0 Å². The van der Waals surface area contributed by atoms with E-state index in [-0.39, 0.29) is 23.5 Å². The van der Waals surface area contributed by atoms with Crippen LogP contribution in [0.15, 0.2) is 42.5 Å². The number of carbonyl (C=O) groups is 2. The molecule has 6 nitrogen and oxygen atoms in total. The zero-order chi connectivity index (χ0) is 21.8. The van der Waals surface area contributed by atoms with Crippen molar-refractivity contribution in [2.75, 3.05) is 6.61 Å². The summed E-state index contributed by atoms with van der Waals surface area (Å²) in [6, 6.07) is 9.88. The number of halogens is 2. The van der Waals surface area contributed by atoms with Crippen LogP contribution >= 0.6 is 0 Å². The van der Waals surface area contributed by atoms with Gasteiger partial charge in [0.25, 0.3) is 5.91 Å². The van der Waals surface area contributed by atoms with Gasteiger partial charge in [-0.1, -0.05) is 6.92 Å². The number of benzene rings is 2. The lowest BCUT2D eigenvalue weighted by atomic mass is 10.1. The lowest BCUT2D eigenvalue weighted by Gasteiger charge is -2.09. The molecule has 30 heavy (non-hydrogen) atoms. The average Bonchev–Trinajstić information content (AvgIpc) is 2.97. The molecule has 0 amide bonds. The van der Waals surface area contributed by atoms with Gasteiger partial charge in [-0.25, -0.2) is 0 Å². The van der Waals surface area contributed by atoms with Gasteiger partial charge in [-0.3, -0.25) is 14.2 Å². The molecule has 158 valence electrons. The molecule has 0 aliphatic carbocycles. The van der Waals surface area contributed by atoms with E-state index >= 15 is 0 Å². The maximum Gasteiger partial charge on any atom is 0.387 e. The summed E-state index contributed by atoms with van der Waals surface area (Å²) in [7, 11) is 0. The molecule has 3 rings (SSSR count). The second-order valence-electron chi connectivity index (χ2n) is 6.71. The van der Waals surface area contributed by atoms with Gasteiger partial charge >= 0.3 is 12.6 Å². The van der Waals surface area contributed by atoms with Crippen LogP contribution in [0, 0.1) is 6.92 Å². The molecule has 0 spiro atoms. The SMILES string of the molecule is CCCOC(=O)Cc1c(C)n(C(=O)c2ccc(OC(F)F)cc2)c2ccc(O)cc12. The monoisotopic (exact) mass is 417 g/mol. The Balaban J connectivity index is 2.02. The molecular weight excluding hydrogens is 396 g/mol. The quantitative estimate of drug-likeness (QED) is 0.575. The number of rotatable bonds is 7. The molecule has 0 fully saturated rings. The summed E-state index contributed by atoms with van der Waals surface area (Å²) < 4.78 is 35.6. The fourth-order valence-corrected chi connectivity index (χ4v) is 3.28. The molecule has 0 aliphatic heterocycles. The highest BCUT2D eigenvalue weighted by Gasteiger charge is 2.22. The summed E-state index contributed by atoms with van der Waals surface area (Å²) in [4.78, 5) is 25.3. The fourth-order valence-electron chi connectivity index (χ4n) is 3.28. The molecule has 0 unspecified atom stereocenters. The van der Waals surface area contributed by atoms with Gasteiger partial charge in [0, 0.05) is 16.6 Å². The number of alkyl halides is 2. The van der Waals surface area contributed by atoms with Crippen molar-refractivity contribution in [3.05, 3.63) is 59.3 Å².